The summed E-state index contributed by atoms with van der Waals surface area (Å²) < 4.78 is 48.5. The summed E-state index contributed by atoms with van der Waals surface area (Å²) in [6.07, 6.45) is 2.53. The van der Waals surface area contributed by atoms with Gasteiger partial charge < -0.3 is 24.6 Å². The van der Waals surface area contributed by atoms with Crippen LogP contribution in [0.4, 0.5) is 18.9 Å². The van der Waals surface area contributed by atoms with Crippen LogP contribution in [-0.4, -0.2) is 48.4 Å². The fourth-order valence-corrected chi connectivity index (χ4v) is 4.52. The molecule has 7 nitrogen and oxygen atoms in total. The van der Waals surface area contributed by atoms with Crippen molar-refractivity contribution in [3.63, 3.8) is 0 Å². The minimum atomic E-state index is -3.25. The van der Waals surface area contributed by atoms with Crippen LogP contribution in [0.25, 0.3) is 10.9 Å². The molecule has 1 saturated carbocycles. The minimum absolute atomic E-state index is 0.0000798. The number of anilines is 1. The summed E-state index contributed by atoms with van der Waals surface area (Å²) >= 11 is 0. The molecule has 31 heavy (non-hydrogen) atoms. The largest absolute Gasteiger partial charge is 0.477 e. The number of halogens is 3. The molecule has 168 valence electrons. The highest BCUT2D eigenvalue weighted by Crippen LogP contribution is 2.46. The molecule has 2 fully saturated rings. The maximum Gasteiger partial charge on any atom is 0.387 e. The van der Waals surface area contributed by atoms with E-state index in [1.165, 1.54) is 4.57 Å². The number of fused-ring (bicyclic) bond motifs is 1. The second-order valence-electron chi connectivity index (χ2n) is 8.84. The Balaban J connectivity index is 2.03. The van der Waals surface area contributed by atoms with Crippen molar-refractivity contribution >= 4 is 22.6 Å². The number of carboxylic acids is 1. The monoisotopic (exact) mass is 439 g/mol. The van der Waals surface area contributed by atoms with Crippen LogP contribution in [0, 0.1) is 11.2 Å². The molecule has 1 aliphatic heterocycles. The molecule has 2 N–H and O–H groups in total. The quantitative estimate of drug-likeness (QED) is 0.719. The van der Waals surface area contributed by atoms with E-state index in [4.69, 9.17) is 4.74 Å². The molecule has 0 bridgehead atoms. The molecular weight excluding hydrogens is 415 g/mol. The topological polar surface area (TPSA) is 83.8 Å². The standard InChI is InChI=1S/C21H24F3N3O4/c1-21(2)9-26(8-14(21)25-3)16-13(22)6-11-15(18(16)31-20(23)24)27(10-4-5-10)7-12(17(11)28)19(29)30/h6-7,10,14,20,25H,4-5,8-9H2,1-3H3,(H,29,30)/t14-/m0/s1. The second-order valence-corrected chi connectivity index (χ2v) is 8.84. The third-order valence-corrected chi connectivity index (χ3v) is 6.19. The number of alkyl halides is 2. The first kappa shape index (κ1) is 21.5. The van der Waals surface area contributed by atoms with Gasteiger partial charge in [-0.1, -0.05) is 13.8 Å². The van der Waals surface area contributed by atoms with Crippen LogP contribution in [0.3, 0.4) is 0 Å². The van der Waals surface area contributed by atoms with Gasteiger partial charge in [0.25, 0.3) is 0 Å². The zero-order chi connectivity index (χ0) is 22.7. The van der Waals surface area contributed by atoms with Gasteiger partial charge in [-0.25, -0.2) is 9.18 Å². The summed E-state index contributed by atoms with van der Waals surface area (Å²) in [7, 11) is 1.78. The SMILES string of the molecule is CN[C@H]1CN(c2c(F)cc3c(=O)c(C(=O)O)cn(C4CC4)c3c2OC(F)F)CC1(C)C. The van der Waals surface area contributed by atoms with E-state index in [0.717, 1.165) is 12.3 Å². The van der Waals surface area contributed by atoms with Gasteiger partial charge >= 0.3 is 12.6 Å². The lowest BCUT2D eigenvalue weighted by Crippen LogP contribution is -2.38. The molecule has 10 heteroatoms. The van der Waals surface area contributed by atoms with Gasteiger partial charge in [-0.3, -0.25) is 4.79 Å². The highest BCUT2D eigenvalue weighted by Gasteiger charge is 2.41. The zero-order valence-electron chi connectivity index (χ0n) is 17.4. The maximum absolute atomic E-state index is 15.3. The summed E-state index contributed by atoms with van der Waals surface area (Å²) in [5, 5.41) is 12.3. The molecule has 1 aromatic heterocycles. The van der Waals surface area contributed by atoms with E-state index in [1.54, 1.807) is 11.9 Å². The zero-order valence-corrected chi connectivity index (χ0v) is 17.4. The maximum atomic E-state index is 15.3. The van der Waals surface area contributed by atoms with Gasteiger partial charge in [-0.2, -0.15) is 8.78 Å². The molecule has 0 spiro atoms. The minimum Gasteiger partial charge on any atom is -0.477 e. The number of hydrogen-bond donors (Lipinski definition) is 2. The Morgan fingerprint density at radius 1 is 1.35 bits per heavy atom. The Morgan fingerprint density at radius 3 is 2.55 bits per heavy atom. The number of hydrogen-bond acceptors (Lipinski definition) is 5. The van der Waals surface area contributed by atoms with Gasteiger partial charge in [0.15, 0.2) is 11.6 Å². The number of aromatic carboxylic acids is 1. The average Bonchev–Trinajstić information content (AvgIpc) is 3.45. The van der Waals surface area contributed by atoms with Crippen molar-refractivity contribution in [3.8, 4) is 5.75 Å². The van der Waals surface area contributed by atoms with E-state index in [9.17, 15) is 23.5 Å². The van der Waals surface area contributed by atoms with Crippen molar-refractivity contribution in [3.05, 3.63) is 33.9 Å². The van der Waals surface area contributed by atoms with Gasteiger partial charge in [-0.15, -0.1) is 0 Å². The first-order valence-corrected chi connectivity index (χ1v) is 10.1. The number of nitrogens with one attached hydrogen (secondary N) is 1. The number of rotatable bonds is 6. The van der Waals surface area contributed by atoms with Gasteiger partial charge in [0.05, 0.1) is 10.9 Å². The number of carboxylic acid groups (broad SMARTS) is 1. The van der Waals surface area contributed by atoms with Crippen LogP contribution in [0.5, 0.6) is 5.75 Å². The third kappa shape index (κ3) is 3.62. The highest BCUT2D eigenvalue weighted by atomic mass is 19.3. The fraction of sp³-hybridized carbons (Fsp3) is 0.524. The van der Waals surface area contributed by atoms with Crippen LogP contribution < -0.4 is 20.4 Å². The summed E-state index contributed by atoms with van der Waals surface area (Å²) in [4.78, 5) is 26.0. The van der Waals surface area contributed by atoms with Crippen molar-refractivity contribution < 1.29 is 27.8 Å². The Bertz CT molecular complexity index is 1110. The van der Waals surface area contributed by atoms with Crippen molar-refractivity contribution in [1.82, 2.24) is 9.88 Å². The van der Waals surface area contributed by atoms with Crippen LogP contribution in [0.15, 0.2) is 17.1 Å². The van der Waals surface area contributed by atoms with Gasteiger partial charge in [0.2, 0.25) is 5.43 Å². The number of benzene rings is 1. The summed E-state index contributed by atoms with van der Waals surface area (Å²) in [5.41, 5.74) is -1.89. The number of nitrogens with zero attached hydrogens (tertiary/aromatic N) is 2. The molecule has 2 heterocycles. The smallest absolute Gasteiger partial charge is 0.387 e. The van der Waals surface area contributed by atoms with Gasteiger partial charge in [-0.05, 0) is 31.4 Å². The van der Waals surface area contributed by atoms with Crippen LogP contribution in [0.1, 0.15) is 43.1 Å². The molecule has 4 rings (SSSR count). The molecule has 2 aromatic rings. The molecule has 1 aromatic carbocycles. The summed E-state index contributed by atoms with van der Waals surface area (Å²) in [5.74, 6) is -2.79. The van der Waals surface area contributed by atoms with Crippen molar-refractivity contribution in [2.24, 2.45) is 5.41 Å². The normalized spacial score (nSPS) is 20.6. The molecule has 1 atom stereocenters. The van der Waals surface area contributed by atoms with Gasteiger partial charge in [0.1, 0.15) is 11.3 Å². The fourth-order valence-electron chi connectivity index (χ4n) is 4.52. The molecule has 0 unspecified atom stereocenters. The summed E-state index contributed by atoms with van der Waals surface area (Å²) in [6, 6.07) is 0.748. The van der Waals surface area contributed by atoms with E-state index >= 15 is 4.39 Å². The van der Waals surface area contributed by atoms with E-state index < -0.39 is 35.1 Å². The van der Waals surface area contributed by atoms with Crippen molar-refractivity contribution in [2.75, 3.05) is 25.0 Å². The predicted molar refractivity (Wildman–Crippen MR) is 109 cm³/mol. The third-order valence-electron chi connectivity index (χ3n) is 6.19. The molecule has 1 saturated heterocycles. The number of pyridine rings is 1. The molecule has 0 radical (unpaired) electrons. The lowest BCUT2D eigenvalue weighted by Gasteiger charge is -2.26. The van der Waals surface area contributed by atoms with Gasteiger partial charge in [0, 0.05) is 31.4 Å². The number of ether oxygens (including phenoxy) is 1. The lowest BCUT2D eigenvalue weighted by molar-refractivity contribution is -0.0488. The number of carbonyl (C=O) groups is 1. The first-order chi connectivity index (χ1) is 14.5. The average molecular weight is 439 g/mol. The summed E-state index contributed by atoms with van der Waals surface area (Å²) in [6.45, 7) is 1.45. The Labute approximate surface area is 176 Å². The molecule has 0 amide bonds. The van der Waals surface area contributed by atoms with Crippen LogP contribution >= 0.6 is 0 Å². The number of aromatic nitrogens is 1. The number of likely N-dealkylation sites (N-methyl/N-ethyl adjacent to an activating group) is 1. The van der Waals surface area contributed by atoms with E-state index in [0.29, 0.717) is 25.9 Å². The highest BCUT2D eigenvalue weighted by molar-refractivity contribution is 5.97. The Hall–Kier alpha value is -2.75. The Morgan fingerprint density at radius 2 is 2.03 bits per heavy atom. The molecular formula is C21H24F3N3O4. The second kappa shape index (κ2) is 7.44. The Kier molecular flexibility index (Phi) is 5.15. The first-order valence-electron chi connectivity index (χ1n) is 10.1. The lowest BCUT2D eigenvalue weighted by atomic mass is 9.88. The molecule has 1 aliphatic carbocycles. The van der Waals surface area contributed by atoms with Crippen molar-refractivity contribution in [1.29, 1.82) is 0 Å². The van der Waals surface area contributed by atoms with Crippen LogP contribution in [-0.2, 0) is 0 Å². The van der Waals surface area contributed by atoms with E-state index in [1.807, 2.05) is 13.8 Å². The van der Waals surface area contributed by atoms with Crippen LogP contribution in [0.2, 0.25) is 0 Å². The van der Waals surface area contributed by atoms with E-state index in [-0.39, 0.29) is 34.1 Å². The van der Waals surface area contributed by atoms with E-state index in [2.05, 4.69) is 5.32 Å². The van der Waals surface area contributed by atoms with Crippen molar-refractivity contribution in [2.45, 2.75) is 45.4 Å². The predicted octanol–water partition coefficient (Wildman–Crippen LogP) is 3.21. The molecule has 2 aliphatic rings.